The molecule has 2 rings (SSSR count). The molecule has 0 bridgehead atoms. The van der Waals surface area contributed by atoms with Crippen molar-refractivity contribution < 1.29 is 13.2 Å². The summed E-state index contributed by atoms with van der Waals surface area (Å²) in [7, 11) is -3.14. The third-order valence-electron chi connectivity index (χ3n) is 3.29. The van der Waals surface area contributed by atoms with Crippen molar-refractivity contribution in [2.75, 3.05) is 17.3 Å². The van der Waals surface area contributed by atoms with Crippen LogP contribution in [0.25, 0.3) is 11.3 Å². The molecule has 1 unspecified atom stereocenters. The van der Waals surface area contributed by atoms with Crippen molar-refractivity contribution in [1.29, 1.82) is 0 Å². The highest BCUT2D eigenvalue weighted by Crippen LogP contribution is 2.27. The Morgan fingerprint density at radius 1 is 1.39 bits per heavy atom. The highest BCUT2D eigenvalue weighted by atomic mass is 32.2. The first-order chi connectivity index (χ1) is 10.8. The average molecular weight is 353 g/mol. The average Bonchev–Trinajstić information content (AvgIpc) is 2.92. The van der Waals surface area contributed by atoms with Crippen LogP contribution in [0.2, 0.25) is 0 Å². The number of thiazole rings is 1. The van der Waals surface area contributed by atoms with Gasteiger partial charge in [-0.3, -0.25) is 4.79 Å². The third-order valence-corrected chi connectivity index (χ3v) is 5.03. The number of hydrogen-bond donors (Lipinski definition) is 2. The highest BCUT2D eigenvalue weighted by Gasteiger charge is 2.17. The van der Waals surface area contributed by atoms with Gasteiger partial charge in [-0.1, -0.05) is 24.3 Å². The number of nitrogens with one attached hydrogen (secondary N) is 1. The molecular formula is C15H19N3O3S2. The molecule has 0 radical (unpaired) electrons. The molecular weight excluding hydrogens is 334 g/mol. The van der Waals surface area contributed by atoms with Crippen molar-refractivity contribution >= 4 is 32.2 Å². The minimum Gasteiger partial charge on any atom is -0.320 e. The summed E-state index contributed by atoms with van der Waals surface area (Å²) in [6, 6.07) is 6.97. The van der Waals surface area contributed by atoms with Crippen LogP contribution >= 0.6 is 11.3 Å². The minimum absolute atomic E-state index is 0.0840. The lowest BCUT2D eigenvalue weighted by atomic mass is 10.1. The lowest BCUT2D eigenvalue weighted by Crippen LogP contribution is -2.37. The molecule has 0 spiro atoms. The molecule has 1 heterocycles. The number of benzene rings is 1. The first kappa shape index (κ1) is 17.6. The molecule has 0 saturated carbocycles. The van der Waals surface area contributed by atoms with Crippen LogP contribution in [-0.2, 0) is 14.6 Å². The summed E-state index contributed by atoms with van der Waals surface area (Å²) in [4.78, 5) is 16.4. The van der Waals surface area contributed by atoms with Crippen LogP contribution in [0.5, 0.6) is 0 Å². The Balaban J connectivity index is 2.02. The van der Waals surface area contributed by atoms with Gasteiger partial charge in [0, 0.05) is 17.2 Å². The number of rotatable bonds is 6. The Morgan fingerprint density at radius 2 is 2.09 bits per heavy atom. The summed E-state index contributed by atoms with van der Waals surface area (Å²) in [5.41, 5.74) is 8.60. The fourth-order valence-corrected chi connectivity index (χ4v) is 3.38. The normalized spacial score (nSPS) is 12.8. The molecule has 1 aromatic heterocycles. The SMILES string of the molecule is Cc1ccccc1-c1csc(NC(=O)C(N)CCS(C)(=O)=O)n1. The number of hydrogen-bond acceptors (Lipinski definition) is 6. The van der Waals surface area contributed by atoms with E-state index in [0.29, 0.717) is 5.13 Å². The number of nitrogens with zero attached hydrogens (tertiary/aromatic N) is 1. The topological polar surface area (TPSA) is 102 Å². The van der Waals surface area contributed by atoms with Crippen molar-refractivity contribution in [3.63, 3.8) is 0 Å². The molecule has 1 aromatic carbocycles. The van der Waals surface area contributed by atoms with Crippen molar-refractivity contribution in [3.05, 3.63) is 35.2 Å². The molecule has 23 heavy (non-hydrogen) atoms. The lowest BCUT2D eigenvalue weighted by molar-refractivity contribution is -0.117. The predicted molar refractivity (Wildman–Crippen MR) is 93.2 cm³/mol. The molecule has 6 nitrogen and oxygen atoms in total. The van der Waals surface area contributed by atoms with E-state index in [2.05, 4.69) is 10.3 Å². The van der Waals surface area contributed by atoms with E-state index < -0.39 is 21.8 Å². The van der Waals surface area contributed by atoms with Gasteiger partial charge in [0.1, 0.15) is 9.84 Å². The second-order valence-electron chi connectivity index (χ2n) is 5.37. The van der Waals surface area contributed by atoms with Crippen LogP contribution in [0.1, 0.15) is 12.0 Å². The Hall–Kier alpha value is -1.77. The number of aromatic nitrogens is 1. The number of carbonyl (C=O) groups excluding carboxylic acids is 1. The Kier molecular flexibility index (Phi) is 5.51. The molecule has 0 aliphatic rings. The number of amides is 1. The second-order valence-corrected chi connectivity index (χ2v) is 8.48. The van der Waals surface area contributed by atoms with Crippen molar-refractivity contribution in [1.82, 2.24) is 4.98 Å². The third kappa shape index (κ3) is 5.12. The standard InChI is InChI=1S/C15H19N3O3S2/c1-10-5-3-4-6-11(10)13-9-22-15(17-13)18-14(19)12(16)7-8-23(2,20)21/h3-6,9,12H,7-8,16H2,1-2H3,(H,17,18,19). The van der Waals surface area contributed by atoms with Gasteiger partial charge in [0.05, 0.1) is 17.5 Å². The van der Waals surface area contributed by atoms with Gasteiger partial charge in [-0.2, -0.15) is 0 Å². The van der Waals surface area contributed by atoms with E-state index in [4.69, 9.17) is 5.73 Å². The van der Waals surface area contributed by atoms with Gasteiger partial charge in [0.25, 0.3) is 0 Å². The van der Waals surface area contributed by atoms with E-state index in [9.17, 15) is 13.2 Å². The number of carbonyl (C=O) groups is 1. The zero-order valence-corrected chi connectivity index (χ0v) is 14.6. The first-order valence-electron chi connectivity index (χ1n) is 7.02. The van der Waals surface area contributed by atoms with Gasteiger partial charge >= 0.3 is 0 Å². The van der Waals surface area contributed by atoms with Gasteiger partial charge in [-0.05, 0) is 18.9 Å². The summed E-state index contributed by atoms with van der Waals surface area (Å²) < 4.78 is 22.2. The number of aryl methyl sites for hydroxylation is 1. The maximum atomic E-state index is 12.0. The Labute approximate surface area is 139 Å². The van der Waals surface area contributed by atoms with Crippen LogP contribution < -0.4 is 11.1 Å². The van der Waals surface area contributed by atoms with Gasteiger partial charge in [-0.15, -0.1) is 11.3 Å². The van der Waals surface area contributed by atoms with Gasteiger partial charge in [0.15, 0.2) is 5.13 Å². The number of sulfone groups is 1. The van der Waals surface area contributed by atoms with Crippen LogP contribution in [0.4, 0.5) is 5.13 Å². The smallest absolute Gasteiger partial charge is 0.243 e. The molecule has 2 aromatic rings. The largest absolute Gasteiger partial charge is 0.320 e. The van der Waals surface area contributed by atoms with Gasteiger partial charge < -0.3 is 11.1 Å². The molecule has 0 aliphatic carbocycles. The molecule has 1 atom stereocenters. The maximum Gasteiger partial charge on any atom is 0.243 e. The summed E-state index contributed by atoms with van der Waals surface area (Å²) in [5, 5.41) is 4.94. The van der Waals surface area contributed by atoms with E-state index in [0.717, 1.165) is 23.1 Å². The molecule has 0 fully saturated rings. The second kappa shape index (κ2) is 7.20. The molecule has 0 aliphatic heterocycles. The van der Waals surface area contributed by atoms with Crippen LogP contribution in [0.15, 0.2) is 29.6 Å². The van der Waals surface area contributed by atoms with E-state index in [-0.39, 0.29) is 12.2 Å². The molecule has 3 N–H and O–H groups in total. The Morgan fingerprint density at radius 3 is 2.74 bits per heavy atom. The minimum atomic E-state index is -3.14. The molecule has 1 amide bonds. The summed E-state index contributed by atoms with van der Waals surface area (Å²) in [5.74, 6) is -0.548. The predicted octanol–water partition coefficient (Wildman–Crippen LogP) is 1.82. The van der Waals surface area contributed by atoms with Gasteiger partial charge in [-0.25, -0.2) is 13.4 Å². The quantitative estimate of drug-likeness (QED) is 0.825. The lowest BCUT2D eigenvalue weighted by Gasteiger charge is -2.09. The van der Waals surface area contributed by atoms with Gasteiger partial charge in [0.2, 0.25) is 5.91 Å². The molecule has 124 valence electrons. The number of nitrogens with two attached hydrogens (primary N) is 1. The van der Waals surface area contributed by atoms with Crippen molar-refractivity contribution in [2.45, 2.75) is 19.4 Å². The molecule has 0 saturated heterocycles. The fraction of sp³-hybridized carbons (Fsp3) is 0.333. The zero-order valence-electron chi connectivity index (χ0n) is 12.9. The molecule has 8 heteroatoms. The maximum absolute atomic E-state index is 12.0. The fourth-order valence-electron chi connectivity index (χ4n) is 1.99. The summed E-state index contributed by atoms with van der Waals surface area (Å²) >= 11 is 1.31. The monoisotopic (exact) mass is 353 g/mol. The first-order valence-corrected chi connectivity index (χ1v) is 9.96. The van der Waals surface area contributed by atoms with Crippen LogP contribution in [0, 0.1) is 6.92 Å². The Bertz CT molecular complexity index is 800. The summed E-state index contributed by atoms with van der Waals surface area (Å²) in [6.45, 7) is 1.99. The van der Waals surface area contributed by atoms with Crippen LogP contribution in [0.3, 0.4) is 0 Å². The number of anilines is 1. The van der Waals surface area contributed by atoms with Crippen molar-refractivity contribution in [3.8, 4) is 11.3 Å². The van der Waals surface area contributed by atoms with E-state index in [1.165, 1.54) is 11.3 Å². The zero-order chi connectivity index (χ0) is 17.0. The highest BCUT2D eigenvalue weighted by molar-refractivity contribution is 7.90. The van der Waals surface area contributed by atoms with E-state index >= 15 is 0 Å². The van der Waals surface area contributed by atoms with Crippen LogP contribution in [-0.4, -0.2) is 37.4 Å². The van der Waals surface area contributed by atoms with Crippen molar-refractivity contribution in [2.24, 2.45) is 5.73 Å². The van der Waals surface area contributed by atoms with E-state index in [1.807, 2.05) is 36.6 Å². The summed E-state index contributed by atoms with van der Waals surface area (Å²) in [6.07, 6.45) is 1.20. The van der Waals surface area contributed by atoms with E-state index in [1.54, 1.807) is 0 Å².